The normalized spacial score (nSPS) is 13.2. The number of carbonyl (C=O) groups excluding carboxylic acids is 1. The Bertz CT molecular complexity index is 1260. The van der Waals surface area contributed by atoms with E-state index in [4.69, 9.17) is 9.26 Å². The molecule has 0 unspecified atom stereocenters. The molecule has 174 valence electrons. The first-order valence-corrected chi connectivity index (χ1v) is 11.5. The number of nitrogens with one attached hydrogen (secondary N) is 1. The molecule has 1 N–H and O–H groups in total. The fourth-order valence-electron chi connectivity index (χ4n) is 4.06. The van der Waals surface area contributed by atoms with E-state index in [1.165, 1.54) is 6.42 Å². The lowest BCUT2D eigenvalue weighted by atomic mass is 10.2. The third-order valence-electron chi connectivity index (χ3n) is 5.92. The molecule has 5 rings (SSSR count). The summed E-state index contributed by atoms with van der Waals surface area (Å²) in [4.78, 5) is 16.8. The Morgan fingerprint density at radius 1 is 1.03 bits per heavy atom. The van der Waals surface area contributed by atoms with Crippen molar-refractivity contribution in [3.8, 4) is 28.5 Å². The van der Waals surface area contributed by atoms with Crippen molar-refractivity contribution in [2.24, 2.45) is 0 Å². The highest BCUT2D eigenvalue weighted by Gasteiger charge is 2.16. The molecule has 2 aromatic heterocycles. The zero-order valence-corrected chi connectivity index (χ0v) is 19.0. The van der Waals surface area contributed by atoms with Crippen molar-refractivity contribution in [1.29, 1.82) is 0 Å². The van der Waals surface area contributed by atoms with Crippen LogP contribution in [-0.4, -0.2) is 37.9 Å². The summed E-state index contributed by atoms with van der Waals surface area (Å²) in [5.74, 6) is 3.49. The Labute approximate surface area is 197 Å². The highest BCUT2D eigenvalue weighted by Crippen LogP contribution is 2.24. The number of anilines is 1. The molecule has 3 heterocycles. The van der Waals surface area contributed by atoms with E-state index in [9.17, 15) is 4.79 Å². The Hall–Kier alpha value is -4.01. The Morgan fingerprint density at radius 2 is 1.82 bits per heavy atom. The number of methoxy groups -OCH3 is 1. The number of hydrogen-bond acceptors (Lipinski definition) is 7. The van der Waals surface area contributed by atoms with E-state index in [0.29, 0.717) is 18.1 Å². The second-order valence-corrected chi connectivity index (χ2v) is 8.27. The lowest BCUT2D eigenvalue weighted by Gasteiger charge is -2.08. The van der Waals surface area contributed by atoms with Gasteiger partial charge in [0.15, 0.2) is 5.82 Å². The third kappa shape index (κ3) is 4.83. The van der Waals surface area contributed by atoms with E-state index in [1.807, 2.05) is 48.5 Å². The number of ether oxygens (including phenoxy) is 1. The van der Waals surface area contributed by atoms with E-state index >= 15 is 0 Å². The van der Waals surface area contributed by atoms with Crippen molar-refractivity contribution in [3.63, 3.8) is 0 Å². The molecule has 0 saturated heterocycles. The van der Waals surface area contributed by atoms with Crippen LogP contribution in [0.4, 0.5) is 5.69 Å². The highest BCUT2D eigenvalue weighted by molar-refractivity contribution is 5.91. The van der Waals surface area contributed by atoms with Gasteiger partial charge in [-0.25, -0.2) is 0 Å². The fourth-order valence-corrected chi connectivity index (χ4v) is 4.06. The van der Waals surface area contributed by atoms with Gasteiger partial charge < -0.3 is 19.1 Å². The molecule has 0 fully saturated rings. The molecular weight excluding hydrogens is 432 g/mol. The topological polar surface area (TPSA) is 108 Å². The first-order valence-electron chi connectivity index (χ1n) is 11.5. The zero-order chi connectivity index (χ0) is 23.3. The van der Waals surface area contributed by atoms with Gasteiger partial charge in [0.05, 0.1) is 7.11 Å². The number of amides is 1. The van der Waals surface area contributed by atoms with Crippen molar-refractivity contribution >= 4 is 11.6 Å². The van der Waals surface area contributed by atoms with Gasteiger partial charge in [0.1, 0.15) is 11.6 Å². The maximum absolute atomic E-state index is 12.4. The lowest BCUT2D eigenvalue weighted by Crippen LogP contribution is -2.12. The second kappa shape index (κ2) is 9.86. The number of benzene rings is 2. The summed E-state index contributed by atoms with van der Waals surface area (Å²) >= 11 is 0. The van der Waals surface area contributed by atoms with E-state index in [2.05, 4.69) is 30.2 Å². The van der Waals surface area contributed by atoms with Crippen LogP contribution in [0, 0.1) is 0 Å². The number of aromatic nitrogens is 5. The molecule has 0 bridgehead atoms. The molecule has 1 aliphatic rings. The van der Waals surface area contributed by atoms with Gasteiger partial charge in [-0.2, -0.15) is 4.98 Å². The monoisotopic (exact) mass is 458 g/mol. The van der Waals surface area contributed by atoms with Gasteiger partial charge in [-0.1, -0.05) is 11.6 Å². The van der Waals surface area contributed by atoms with Gasteiger partial charge in [-0.15, -0.1) is 10.2 Å². The maximum Gasteiger partial charge on any atom is 0.227 e. The first kappa shape index (κ1) is 21.8. The molecule has 0 atom stereocenters. The number of nitrogens with zero attached hydrogens (tertiary/aromatic N) is 5. The summed E-state index contributed by atoms with van der Waals surface area (Å²) in [6.45, 7) is 0.950. The Kier molecular flexibility index (Phi) is 6.33. The molecule has 1 aliphatic heterocycles. The standard InChI is InChI=1S/C25H26N6O3/c1-33-20-12-8-17(9-13-20)24-27-23(34-30-24)15-14-22(32)26-19-10-6-18(7-11-19)25-29-28-21-5-3-2-4-16-31(21)25/h6-13H,2-5,14-16H2,1H3,(H,26,32). The van der Waals surface area contributed by atoms with Crippen LogP contribution in [0.5, 0.6) is 5.75 Å². The summed E-state index contributed by atoms with van der Waals surface area (Å²) in [6, 6.07) is 15.1. The maximum atomic E-state index is 12.4. The summed E-state index contributed by atoms with van der Waals surface area (Å²) in [5.41, 5.74) is 2.55. The molecule has 2 aromatic carbocycles. The van der Waals surface area contributed by atoms with Crippen molar-refractivity contribution in [2.75, 3.05) is 12.4 Å². The Balaban J connectivity index is 1.16. The number of rotatable bonds is 7. The molecule has 9 heteroatoms. The van der Waals surface area contributed by atoms with Crippen molar-refractivity contribution in [2.45, 2.75) is 45.1 Å². The van der Waals surface area contributed by atoms with Gasteiger partial charge >= 0.3 is 0 Å². The molecule has 1 amide bonds. The smallest absolute Gasteiger partial charge is 0.227 e. The summed E-state index contributed by atoms with van der Waals surface area (Å²) in [5, 5.41) is 15.7. The van der Waals surface area contributed by atoms with Crippen LogP contribution in [0.15, 0.2) is 53.1 Å². The van der Waals surface area contributed by atoms with E-state index in [1.54, 1.807) is 7.11 Å². The molecule has 0 saturated carbocycles. The second-order valence-electron chi connectivity index (χ2n) is 8.27. The van der Waals surface area contributed by atoms with E-state index in [0.717, 1.165) is 60.0 Å². The predicted octanol–water partition coefficient (Wildman–Crippen LogP) is 4.30. The van der Waals surface area contributed by atoms with Gasteiger partial charge in [-0.05, 0) is 61.4 Å². The van der Waals surface area contributed by atoms with Gasteiger partial charge in [0.25, 0.3) is 0 Å². The van der Waals surface area contributed by atoms with Crippen molar-refractivity contribution in [3.05, 3.63) is 60.2 Å². The first-order chi connectivity index (χ1) is 16.7. The molecule has 34 heavy (non-hydrogen) atoms. The van der Waals surface area contributed by atoms with Crippen LogP contribution in [-0.2, 0) is 24.2 Å². The predicted molar refractivity (Wildman–Crippen MR) is 126 cm³/mol. The number of aryl methyl sites for hydroxylation is 2. The van der Waals surface area contributed by atoms with Crippen LogP contribution < -0.4 is 10.1 Å². The molecule has 9 nitrogen and oxygen atoms in total. The van der Waals surface area contributed by atoms with Gasteiger partial charge in [-0.3, -0.25) is 4.79 Å². The van der Waals surface area contributed by atoms with Crippen LogP contribution in [0.1, 0.15) is 37.4 Å². The molecular formula is C25H26N6O3. The van der Waals surface area contributed by atoms with E-state index in [-0.39, 0.29) is 12.3 Å². The minimum Gasteiger partial charge on any atom is -0.497 e. The third-order valence-corrected chi connectivity index (χ3v) is 5.92. The van der Waals surface area contributed by atoms with E-state index < -0.39 is 0 Å². The minimum absolute atomic E-state index is 0.117. The largest absolute Gasteiger partial charge is 0.497 e. The van der Waals surface area contributed by atoms with Crippen LogP contribution in [0.2, 0.25) is 0 Å². The van der Waals surface area contributed by atoms with Crippen LogP contribution in [0.25, 0.3) is 22.8 Å². The van der Waals surface area contributed by atoms with Gasteiger partial charge in [0, 0.05) is 42.6 Å². The SMILES string of the molecule is COc1ccc(-c2noc(CCC(=O)Nc3ccc(-c4nnc5n4CCCCC5)cc3)n2)cc1. The zero-order valence-electron chi connectivity index (χ0n) is 19.0. The number of hydrogen-bond donors (Lipinski definition) is 1. The van der Waals surface area contributed by atoms with Crippen LogP contribution >= 0.6 is 0 Å². The molecule has 4 aromatic rings. The molecule has 0 radical (unpaired) electrons. The average molecular weight is 459 g/mol. The molecule has 0 spiro atoms. The molecule has 0 aliphatic carbocycles. The summed E-state index contributed by atoms with van der Waals surface area (Å²) < 4.78 is 12.7. The quantitative estimate of drug-likeness (QED) is 0.440. The number of carbonyl (C=O) groups is 1. The van der Waals surface area contributed by atoms with Crippen molar-refractivity contribution < 1.29 is 14.1 Å². The fraction of sp³-hybridized carbons (Fsp3) is 0.320. The minimum atomic E-state index is -0.117. The Morgan fingerprint density at radius 3 is 2.62 bits per heavy atom. The highest BCUT2D eigenvalue weighted by atomic mass is 16.5. The number of fused-ring (bicyclic) bond motifs is 1. The summed E-state index contributed by atoms with van der Waals surface area (Å²) in [7, 11) is 1.62. The van der Waals surface area contributed by atoms with Crippen molar-refractivity contribution in [1.82, 2.24) is 24.9 Å². The van der Waals surface area contributed by atoms with Crippen LogP contribution in [0.3, 0.4) is 0 Å². The van der Waals surface area contributed by atoms with Gasteiger partial charge in [0.2, 0.25) is 17.6 Å². The lowest BCUT2D eigenvalue weighted by molar-refractivity contribution is -0.116. The average Bonchev–Trinajstić information content (AvgIpc) is 3.44. The summed E-state index contributed by atoms with van der Waals surface area (Å²) in [6.07, 6.45) is 5.11.